The summed E-state index contributed by atoms with van der Waals surface area (Å²) < 4.78 is 0.473. The zero-order chi connectivity index (χ0) is 18.3. The Bertz CT molecular complexity index is 1100. The van der Waals surface area contributed by atoms with Crippen molar-refractivity contribution in [3.8, 4) is 11.1 Å². The van der Waals surface area contributed by atoms with Gasteiger partial charge in [0, 0.05) is 10.0 Å². The summed E-state index contributed by atoms with van der Waals surface area (Å²) in [6.07, 6.45) is 0. The molecular formula is C17H11BrN2O5. The van der Waals surface area contributed by atoms with E-state index in [9.17, 15) is 24.6 Å². The molecular weight excluding hydrogens is 392 g/mol. The molecule has 0 fully saturated rings. The first-order valence-corrected chi connectivity index (χ1v) is 7.82. The highest BCUT2D eigenvalue weighted by atomic mass is 79.9. The van der Waals surface area contributed by atoms with E-state index in [0.29, 0.717) is 4.47 Å². The van der Waals surface area contributed by atoms with Gasteiger partial charge in [-0.05, 0) is 32.3 Å². The number of nitrogens with one attached hydrogen (secondary N) is 1. The molecule has 0 spiro atoms. The number of aromatic carboxylic acids is 2. The van der Waals surface area contributed by atoms with Crippen LogP contribution in [-0.2, 0) is 0 Å². The third-order valence-electron chi connectivity index (χ3n) is 3.80. The second kappa shape index (κ2) is 6.06. The number of nitrogens with two attached hydrogens (primary N) is 1. The van der Waals surface area contributed by atoms with Gasteiger partial charge in [-0.15, -0.1) is 0 Å². The number of carboxylic acid groups (broad SMARTS) is 2. The Morgan fingerprint density at radius 2 is 1.64 bits per heavy atom. The molecule has 8 heteroatoms. The Morgan fingerprint density at radius 3 is 2.28 bits per heavy atom. The number of hydrogen-bond donors (Lipinski definition) is 4. The van der Waals surface area contributed by atoms with Crippen LogP contribution in [0.15, 0.2) is 45.7 Å². The van der Waals surface area contributed by atoms with Crippen LogP contribution < -0.4 is 11.3 Å². The largest absolute Gasteiger partial charge is 0.478 e. The highest BCUT2D eigenvalue weighted by molar-refractivity contribution is 9.10. The molecule has 3 aromatic rings. The molecule has 0 aliphatic carbocycles. The zero-order valence-electron chi connectivity index (χ0n) is 12.5. The summed E-state index contributed by atoms with van der Waals surface area (Å²) in [7, 11) is 0. The normalized spacial score (nSPS) is 10.8. The summed E-state index contributed by atoms with van der Waals surface area (Å²) in [4.78, 5) is 37.5. The molecule has 2 aromatic carbocycles. The average molecular weight is 403 g/mol. The van der Waals surface area contributed by atoms with Crippen LogP contribution in [-0.4, -0.2) is 27.1 Å². The molecule has 7 nitrogen and oxygen atoms in total. The monoisotopic (exact) mass is 402 g/mol. The molecule has 0 saturated carbocycles. The lowest BCUT2D eigenvalue weighted by Gasteiger charge is -2.14. The van der Waals surface area contributed by atoms with E-state index in [2.05, 4.69) is 20.9 Å². The maximum atomic E-state index is 12.1. The number of carbonyl (C=O) groups is 2. The molecule has 0 bridgehead atoms. The van der Waals surface area contributed by atoms with Gasteiger partial charge in [-0.1, -0.05) is 36.4 Å². The molecule has 1 aromatic heterocycles. The van der Waals surface area contributed by atoms with Crippen molar-refractivity contribution in [2.24, 2.45) is 0 Å². The van der Waals surface area contributed by atoms with Crippen LogP contribution >= 0.6 is 15.9 Å². The Kier molecular flexibility index (Phi) is 4.05. The number of carboxylic acids is 2. The lowest BCUT2D eigenvalue weighted by atomic mass is 9.93. The highest BCUT2D eigenvalue weighted by Gasteiger charge is 2.27. The Hall–Kier alpha value is -3.13. The lowest BCUT2D eigenvalue weighted by Crippen LogP contribution is -2.24. The number of rotatable bonds is 3. The summed E-state index contributed by atoms with van der Waals surface area (Å²) in [5.74, 6) is -3.39. The predicted octanol–water partition coefficient (Wildman–Crippen LogP) is 2.94. The quantitative estimate of drug-likeness (QED) is 0.532. The van der Waals surface area contributed by atoms with Crippen LogP contribution in [0.5, 0.6) is 0 Å². The van der Waals surface area contributed by atoms with Crippen molar-refractivity contribution in [1.29, 1.82) is 0 Å². The number of halogens is 1. The van der Waals surface area contributed by atoms with Gasteiger partial charge in [0.15, 0.2) is 0 Å². The van der Waals surface area contributed by atoms with E-state index >= 15 is 0 Å². The van der Waals surface area contributed by atoms with Crippen LogP contribution in [0.25, 0.3) is 21.9 Å². The number of hydrogen-bond acceptors (Lipinski definition) is 4. The number of aromatic nitrogens is 1. The van der Waals surface area contributed by atoms with Gasteiger partial charge in [-0.25, -0.2) is 9.59 Å². The standard InChI is InChI=1S/C17H11BrN2O5/c18-13-8-4-2-1-3-7(8)5-6-9(13)10-11(16(22)23)14(19)20-15(21)12(10)17(24)25/h1-6H,(H,22,23)(H,24,25)(H3,19,20,21). The van der Waals surface area contributed by atoms with Gasteiger partial charge in [-0.2, -0.15) is 0 Å². The van der Waals surface area contributed by atoms with Crippen molar-refractivity contribution in [1.82, 2.24) is 4.98 Å². The van der Waals surface area contributed by atoms with Crippen molar-refractivity contribution >= 4 is 44.5 Å². The van der Waals surface area contributed by atoms with Crippen molar-refractivity contribution in [2.45, 2.75) is 0 Å². The molecule has 0 atom stereocenters. The van der Waals surface area contributed by atoms with Gasteiger partial charge < -0.3 is 20.9 Å². The van der Waals surface area contributed by atoms with E-state index < -0.39 is 34.4 Å². The number of aromatic amines is 1. The highest BCUT2D eigenvalue weighted by Crippen LogP contribution is 2.38. The molecule has 0 aliphatic rings. The number of nitrogen functional groups attached to an aromatic ring is 1. The van der Waals surface area contributed by atoms with E-state index in [1.54, 1.807) is 24.3 Å². The van der Waals surface area contributed by atoms with Crippen molar-refractivity contribution in [3.63, 3.8) is 0 Å². The van der Waals surface area contributed by atoms with E-state index in [4.69, 9.17) is 5.73 Å². The van der Waals surface area contributed by atoms with E-state index in [-0.39, 0.29) is 11.1 Å². The van der Waals surface area contributed by atoms with Crippen LogP contribution in [0.2, 0.25) is 0 Å². The molecule has 0 amide bonds. The molecule has 1 heterocycles. The SMILES string of the molecule is Nc1[nH]c(=O)c(C(=O)O)c(-c2ccc3ccccc3c2Br)c1C(=O)O. The first-order chi connectivity index (χ1) is 11.8. The second-order valence-corrected chi connectivity index (χ2v) is 6.04. The fourth-order valence-electron chi connectivity index (χ4n) is 2.74. The fraction of sp³-hybridized carbons (Fsp3) is 0. The summed E-state index contributed by atoms with van der Waals surface area (Å²) in [6, 6.07) is 10.5. The van der Waals surface area contributed by atoms with E-state index in [1.165, 1.54) is 0 Å². The van der Waals surface area contributed by atoms with Crippen LogP contribution in [0.4, 0.5) is 5.82 Å². The third kappa shape index (κ3) is 2.66. The fourth-order valence-corrected chi connectivity index (χ4v) is 3.43. The van der Waals surface area contributed by atoms with Crippen LogP contribution in [0, 0.1) is 0 Å². The predicted molar refractivity (Wildman–Crippen MR) is 96.0 cm³/mol. The topological polar surface area (TPSA) is 133 Å². The first-order valence-electron chi connectivity index (χ1n) is 7.03. The average Bonchev–Trinajstić information content (AvgIpc) is 2.54. The molecule has 3 rings (SSSR count). The molecule has 0 unspecified atom stereocenters. The molecule has 0 aliphatic heterocycles. The minimum atomic E-state index is -1.54. The number of anilines is 1. The summed E-state index contributed by atoms with van der Waals surface area (Å²) in [6.45, 7) is 0. The maximum absolute atomic E-state index is 12.1. The van der Waals surface area contributed by atoms with E-state index in [0.717, 1.165) is 10.8 Å². The Labute approximate surface area is 148 Å². The van der Waals surface area contributed by atoms with Crippen molar-refractivity contribution in [2.75, 3.05) is 5.73 Å². The van der Waals surface area contributed by atoms with Crippen molar-refractivity contribution < 1.29 is 19.8 Å². The first kappa shape index (κ1) is 16.7. The number of benzene rings is 2. The van der Waals surface area contributed by atoms with Crippen LogP contribution in [0.3, 0.4) is 0 Å². The summed E-state index contributed by atoms with van der Waals surface area (Å²) in [5, 5.41) is 20.5. The second-order valence-electron chi connectivity index (χ2n) is 5.25. The molecule has 0 saturated heterocycles. The summed E-state index contributed by atoms with van der Waals surface area (Å²) >= 11 is 3.40. The van der Waals surface area contributed by atoms with Gasteiger partial charge in [0.2, 0.25) is 0 Å². The van der Waals surface area contributed by atoms with Gasteiger partial charge in [-0.3, -0.25) is 4.79 Å². The minimum absolute atomic E-state index is 0.237. The Balaban J connectivity index is 2.53. The number of pyridine rings is 1. The molecule has 126 valence electrons. The van der Waals surface area contributed by atoms with E-state index in [1.807, 2.05) is 12.1 Å². The zero-order valence-corrected chi connectivity index (χ0v) is 14.1. The summed E-state index contributed by atoms with van der Waals surface area (Å²) in [5.41, 5.74) is 3.56. The number of H-pyrrole nitrogens is 1. The number of fused-ring (bicyclic) bond motifs is 1. The van der Waals surface area contributed by atoms with Gasteiger partial charge in [0.1, 0.15) is 16.9 Å². The van der Waals surface area contributed by atoms with Gasteiger partial charge in [0.05, 0.1) is 0 Å². The molecule has 0 radical (unpaired) electrons. The molecule has 25 heavy (non-hydrogen) atoms. The molecule has 5 N–H and O–H groups in total. The third-order valence-corrected chi connectivity index (χ3v) is 4.66. The van der Waals surface area contributed by atoms with Gasteiger partial charge in [0.25, 0.3) is 5.56 Å². The Morgan fingerprint density at radius 1 is 1.00 bits per heavy atom. The maximum Gasteiger partial charge on any atom is 0.342 e. The van der Waals surface area contributed by atoms with Crippen LogP contribution in [0.1, 0.15) is 20.7 Å². The minimum Gasteiger partial charge on any atom is -0.478 e. The lowest BCUT2D eigenvalue weighted by molar-refractivity contribution is 0.0695. The smallest absolute Gasteiger partial charge is 0.342 e. The van der Waals surface area contributed by atoms with Gasteiger partial charge >= 0.3 is 11.9 Å². The van der Waals surface area contributed by atoms with Crippen molar-refractivity contribution in [3.05, 3.63) is 62.4 Å².